The molecule has 1 aromatic heterocycles. The van der Waals surface area contributed by atoms with E-state index in [-0.39, 0.29) is 29.2 Å². The number of para-hydroxylation sites is 2. The van der Waals surface area contributed by atoms with Gasteiger partial charge >= 0.3 is 0 Å². The van der Waals surface area contributed by atoms with E-state index >= 15 is 0 Å². The summed E-state index contributed by atoms with van der Waals surface area (Å²) >= 11 is 1.23. The number of nitrogens with one attached hydrogen (secondary N) is 2. The fourth-order valence-electron chi connectivity index (χ4n) is 4.21. The van der Waals surface area contributed by atoms with E-state index in [0.717, 1.165) is 38.5 Å². The number of anilines is 1. The Kier molecular flexibility index (Phi) is 8.00. The number of carbonyl (C=O) groups excluding carboxylic acids is 2. The third kappa shape index (κ3) is 5.67. The number of unbranched alkanes of at least 4 members (excludes halogenated alkanes) is 1. The van der Waals surface area contributed by atoms with Gasteiger partial charge in [0.25, 0.3) is 11.5 Å². The molecule has 4 rings (SSSR count). The SMILES string of the molecule is CCCCn1c(SCC(=O)Nc2ccccc2C(=O)NC2CCCC2)nc2ccccc2c1=O. The summed E-state index contributed by atoms with van der Waals surface area (Å²) in [7, 11) is 0. The van der Waals surface area contributed by atoms with Crippen molar-refractivity contribution in [3.8, 4) is 0 Å². The number of benzene rings is 2. The Hall–Kier alpha value is -3.13. The standard InChI is InChI=1S/C26H30N4O3S/c1-2-3-16-30-25(33)20-13-7-9-15-22(20)29-26(30)34-17-23(31)28-21-14-8-6-12-19(21)24(32)27-18-10-4-5-11-18/h6-9,12-15,18H,2-5,10-11,16-17H2,1H3,(H,27,32)(H,28,31). The molecule has 1 aliphatic carbocycles. The van der Waals surface area contributed by atoms with E-state index in [1.807, 2.05) is 18.2 Å². The largest absolute Gasteiger partial charge is 0.349 e. The number of amides is 2. The van der Waals surface area contributed by atoms with Crippen LogP contribution < -0.4 is 16.2 Å². The summed E-state index contributed by atoms with van der Waals surface area (Å²) in [5.74, 6) is -0.342. The summed E-state index contributed by atoms with van der Waals surface area (Å²) in [5.41, 5.74) is 1.47. The number of fused-ring (bicyclic) bond motifs is 1. The number of aromatic nitrogens is 2. The van der Waals surface area contributed by atoms with Crippen LogP contribution in [-0.2, 0) is 11.3 Å². The number of carbonyl (C=O) groups is 2. The highest BCUT2D eigenvalue weighted by molar-refractivity contribution is 7.99. The van der Waals surface area contributed by atoms with Gasteiger partial charge in [-0.2, -0.15) is 0 Å². The molecule has 1 heterocycles. The van der Waals surface area contributed by atoms with Gasteiger partial charge in [-0.25, -0.2) is 4.98 Å². The minimum Gasteiger partial charge on any atom is -0.349 e. The minimum atomic E-state index is -0.254. The van der Waals surface area contributed by atoms with Crippen LogP contribution in [-0.4, -0.2) is 33.2 Å². The molecule has 34 heavy (non-hydrogen) atoms. The Labute approximate surface area is 203 Å². The third-order valence-corrected chi connectivity index (χ3v) is 7.01. The maximum absolute atomic E-state index is 13.0. The minimum absolute atomic E-state index is 0.0789. The summed E-state index contributed by atoms with van der Waals surface area (Å²) < 4.78 is 1.66. The summed E-state index contributed by atoms with van der Waals surface area (Å²) in [6.45, 7) is 2.63. The van der Waals surface area contributed by atoms with Crippen molar-refractivity contribution in [2.24, 2.45) is 0 Å². The molecule has 0 saturated heterocycles. The highest BCUT2D eigenvalue weighted by atomic mass is 32.2. The lowest BCUT2D eigenvalue weighted by Gasteiger charge is -2.15. The smallest absolute Gasteiger partial charge is 0.262 e. The van der Waals surface area contributed by atoms with Gasteiger partial charge in [0.05, 0.1) is 27.9 Å². The molecular weight excluding hydrogens is 448 g/mol. The zero-order chi connectivity index (χ0) is 23.9. The maximum atomic E-state index is 13.0. The molecule has 2 amide bonds. The molecular formula is C26H30N4O3S. The fourth-order valence-corrected chi connectivity index (χ4v) is 5.04. The van der Waals surface area contributed by atoms with E-state index in [0.29, 0.717) is 33.9 Å². The maximum Gasteiger partial charge on any atom is 0.262 e. The first-order valence-corrected chi connectivity index (χ1v) is 12.9. The van der Waals surface area contributed by atoms with Crippen LogP contribution in [0.15, 0.2) is 58.5 Å². The van der Waals surface area contributed by atoms with Gasteiger partial charge in [-0.1, -0.05) is 62.2 Å². The van der Waals surface area contributed by atoms with E-state index in [2.05, 4.69) is 22.5 Å². The van der Waals surface area contributed by atoms with Crippen molar-refractivity contribution in [3.63, 3.8) is 0 Å². The lowest BCUT2D eigenvalue weighted by atomic mass is 10.1. The molecule has 1 fully saturated rings. The van der Waals surface area contributed by atoms with Crippen LogP contribution in [0.1, 0.15) is 55.8 Å². The van der Waals surface area contributed by atoms with Crippen LogP contribution >= 0.6 is 11.8 Å². The highest BCUT2D eigenvalue weighted by Gasteiger charge is 2.20. The van der Waals surface area contributed by atoms with Crippen molar-refractivity contribution in [1.82, 2.24) is 14.9 Å². The molecule has 0 aliphatic heterocycles. The summed E-state index contributed by atoms with van der Waals surface area (Å²) in [6, 6.07) is 14.5. The van der Waals surface area contributed by atoms with E-state index < -0.39 is 0 Å². The molecule has 0 atom stereocenters. The number of nitrogens with zero attached hydrogens (tertiary/aromatic N) is 2. The molecule has 0 radical (unpaired) electrons. The molecule has 1 aliphatic rings. The average molecular weight is 479 g/mol. The fraction of sp³-hybridized carbons (Fsp3) is 0.385. The third-order valence-electron chi connectivity index (χ3n) is 6.03. The number of hydrogen-bond donors (Lipinski definition) is 2. The van der Waals surface area contributed by atoms with Crippen molar-refractivity contribution in [1.29, 1.82) is 0 Å². The lowest BCUT2D eigenvalue weighted by Crippen LogP contribution is -2.33. The Morgan fingerprint density at radius 2 is 1.82 bits per heavy atom. The van der Waals surface area contributed by atoms with E-state index in [4.69, 9.17) is 0 Å². The molecule has 7 nitrogen and oxygen atoms in total. The van der Waals surface area contributed by atoms with Crippen LogP contribution in [0.5, 0.6) is 0 Å². The average Bonchev–Trinajstić information content (AvgIpc) is 3.35. The van der Waals surface area contributed by atoms with E-state index in [1.54, 1.807) is 34.9 Å². The van der Waals surface area contributed by atoms with E-state index in [1.165, 1.54) is 11.8 Å². The van der Waals surface area contributed by atoms with Crippen LogP contribution in [0.25, 0.3) is 10.9 Å². The second-order valence-corrected chi connectivity index (χ2v) is 9.50. The molecule has 3 aromatic rings. The van der Waals surface area contributed by atoms with Crippen LogP contribution in [0, 0.1) is 0 Å². The van der Waals surface area contributed by atoms with Gasteiger partial charge in [0.2, 0.25) is 5.91 Å². The zero-order valence-electron chi connectivity index (χ0n) is 19.4. The molecule has 178 valence electrons. The van der Waals surface area contributed by atoms with Crippen molar-refractivity contribution < 1.29 is 9.59 Å². The first-order chi connectivity index (χ1) is 16.6. The van der Waals surface area contributed by atoms with E-state index in [9.17, 15) is 14.4 Å². The highest BCUT2D eigenvalue weighted by Crippen LogP contribution is 2.22. The van der Waals surface area contributed by atoms with Crippen LogP contribution in [0.4, 0.5) is 5.69 Å². The van der Waals surface area contributed by atoms with Crippen LogP contribution in [0.3, 0.4) is 0 Å². The number of rotatable bonds is 9. The molecule has 0 unspecified atom stereocenters. The second-order valence-electron chi connectivity index (χ2n) is 8.56. The van der Waals surface area contributed by atoms with Gasteiger partial charge in [0.1, 0.15) is 0 Å². The van der Waals surface area contributed by atoms with Crippen molar-refractivity contribution >= 4 is 40.2 Å². The molecule has 2 N–H and O–H groups in total. The lowest BCUT2D eigenvalue weighted by molar-refractivity contribution is -0.113. The van der Waals surface area contributed by atoms with Crippen molar-refractivity contribution in [2.75, 3.05) is 11.1 Å². The number of hydrogen-bond acceptors (Lipinski definition) is 5. The normalized spacial score (nSPS) is 13.8. The summed E-state index contributed by atoms with van der Waals surface area (Å²) in [6.07, 6.45) is 6.05. The predicted octanol–water partition coefficient (Wildman–Crippen LogP) is 4.60. The topological polar surface area (TPSA) is 93.1 Å². The van der Waals surface area contributed by atoms with Crippen molar-refractivity contribution in [3.05, 3.63) is 64.4 Å². The predicted molar refractivity (Wildman–Crippen MR) is 136 cm³/mol. The van der Waals surface area contributed by atoms with Crippen LogP contribution in [0.2, 0.25) is 0 Å². The first kappa shape index (κ1) is 24.0. The molecule has 8 heteroatoms. The Balaban J connectivity index is 1.47. The van der Waals surface area contributed by atoms with Crippen molar-refractivity contribution in [2.45, 2.75) is 63.2 Å². The van der Waals surface area contributed by atoms with Gasteiger partial charge in [0, 0.05) is 12.6 Å². The Bertz CT molecular complexity index is 1230. The van der Waals surface area contributed by atoms with Gasteiger partial charge < -0.3 is 10.6 Å². The molecule has 0 bridgehead atoms. The van der Waals surface area contributed by atoms with Gasteiger partial charge in [-0.05, 0) is 43.5 Å². The summed E-state index contributed by atoms with van der Waals surface area (Å²) in [5, 5.41) is 7.04. The summed E-state index contributed by atoms with van der Waals surface area (Å²) in [4.78, 5) is 43.2. The Morgan fingerprint density at radius 1 is 1.09 bits per heavy atom. The Morgan fingerprint density at radius 3 is 2.62 bits per heavy atom. The first-order valence-electron chi connectivity index (χ1n) is 11.9. The van der Waals surface area contributed by atoms with Gasteiger partial charge in [-0.15, -0.1) is 0 Å². The van der Waals surface area contributed by atoms with Gasteiger partial charge in [0.15, 0.2) is 5.16 Å². The zero-order valence-corrected chi connectivity index (χ0v) is 20.2. The van der Waals surface area contributed by atoms with Gasteiger partial charge in [-0.3, -0.25) is 19.0 Å². The number of thioether (sulfide) groups is 1. The quantitative estimate of drug-likeness (QED) is 0.346. The molecule has 1 saturated carbocycles. The molecule has 0 spiro atoms. The monoisotopic (exact) mass is 478 g/mol. The second kappa shape index (κ2) is 11.3. The molecule has 2 aromatic carbocycles.